The Hall–Kier alpha value is -5.85. The number of aromatic nitrogens is 4. The van der Waals surface area contributed by atoms with Gasteiger partial charge in [0, 0.05) is 86.9 Å². The van der Waals surface area contributed by atoms with E-state index in [0.717, 1.165) is 126 Å². The standard InChI is InChI=1S/C51H59ClN10O6S/c1-51(2)17-11-37(43(30-51)35-3-5-38(52)6-4-35)33-58-21-23-60(24-22-58)40-7-9-42(46(28-40)61-47-27-36-12-18-53-49(36)56-45(47)32-55-61)50(63)57-69(66,67)41-8-10-44(48(29-41)62(64)65)54-31-34-13-19-59(20-14-34)39-15-25-68-26-16-39/h3-10,12,18,27-29,32,34,39,54H,11,13-17,19-26,30-31,33H2,1-2H3,(H,53,56)(H,57,63). The molecule has 0 spiro atoms. The number of nitrogens with zero attached hydrogens (tertiary/aromatic N) is 7. The van der Waals surface area contributed by atoms with Gasteiger partial charge in [-0.15, -0.1) is 0 Å². The highest BCUT2D eigenvalue weighted by Gasteiger charge is 2.32. The number of pyridine rings is 1. The SMILES string of the molecule is CC1(C)CCC(CN2CCN(c3ccc(C(=O)NS(=O)(=O)c4ccc(NCC5CCN(C6CCOCC6)CC5)c([N+](=O)[O-])c4)c(-n4ncc5nc6[nH]ccc6cc54)c3)CC2)=C(c2ccc(Cl)cc2)C1. The van der Waals surface area contributed by atoms with E-state index in [1.54, 1.807) is 23.1 Å². The van der Waals surface area contributed by atoms with Crippen LogP contribution < -0.4 is 14.9 Å². The zero-order valence-electron chi connectivity index (χ0n) is 39.1. The number of nitro benzene ring substituents is 1. The molecular weight excluding hydrogens is 916 g/mol. The van der Waals surface area contributed by atoms with E-state index < -0.39 is 25.7 Å². The molecule has 3 aromatic heterocycles. The number of sulfonamides is 1. The number of halogens is 1. The van der Waals surface area contributed by atoms with Gasteiger partial charge >= 0.3 is 0 Å². The van der Waals surface area contributed by atoms with Crippen LogP contribution in [0.5, 0.6) is 0 Å². The second kappa shape index (κ2) is 19.5. The maximum atomic E-state index is 14.3. The summed E-state index contributed by atoms with van der Waals surface area (Å²) in [6.45, 7) is 12.7. The van der Waals surface area contributed by atoms with Crippen LogP contribution in [-0.2, 0) is 14.8 Å². The average Bonchev–Trinajstić information content (AvgIpc) is 4.00. The highest BCUT2D eigenvalue weighted by atomic mass is 35.5. The lowest BCUT2D eigenvalue weighted by molar-refractivity contribution is -0.384. The van der Waals surface area contributed by atoms with Gasteiger partial charge in [0.15, 0.2) is 0 Å². The number of piperidine rings is 1. The molecule has 3 aromatic carbocycles. The van der Waals surface area contributed by atoms with Crippen molar-refractivity contribution < 1.29 is 22.9 Å². The van der Waals surface area contributed by atoms with Crippen LogP contribution >= 0.6 is 11.6 Å². The number of rotatable bonds is 13. The van der Waals surface area contributed by atoms with Crippen LogP contribution in [0.4, 0.5) is 17.1 Å². The molecule has 0 saturated carbocycles. The van der Waals surface area contributed by atoms with Gasteiger partial charge < -0.3 is 24.8 Å². The number of hydrogen-bond acceptors (Lipinski definition) is 12. The summed E-state index contributed by atoms with van der Waals surface area (Å²) in [7, 11) is -4.58. The summed E-state index contributed by atoms with van der Waals surface area (Å²) < 4.78 is 37.3. The summed E-state index contributed by atoms with van der Waals surface area (Å²) in [6.07, 6.45) is 10.6. The summed E-state index contributed by atoms with van der Waals surface area (Å²) in [6, 6.07) is 21.6. The van der Waals surface area contributed by atoms with E-state index in [1.165, 1.54) is 28.8 Å². The number of piperazine rings is 1. The van der Waals surface area contributed by atoms with Crippen LogP contribution in [-0.4, -0.2) is 120 Å². The van der Waals surface area contributed by atoms with E-state index in [2.05, 4.69) is 60.8 Å². The second-order valence-electron chi connectivity index (χ2n) is 19.8. The van der Waals surface area contributed by atoms with Crippen LogP contribution in [0.2, 0.25) is 5.02 Å². The molecule has 0 bridgehead atoms. The Labute approximate surface area is 407 Å². The van der Waals surface area contributed by atoms with Crippen molar-refractivity contribution in [1.82, 2.24) is 34.3 Å². The Kier molecular flexibility index (Phi) is 13.2. The molecule has 1 aliphatic carbocycles. The first kappa shape index (κ1) is 46.9. The minimum absolute atomic E-state index is 0.0534. The quantitative estimate of drug-likeness (QED) is 0.0741. The van der Waals surface area contributed by atoms with E-state index in [0.29, 0.717) is 40.9 Å². The zero-order chi connectivity index (χ0) is 47.9. The second-order valence-corrected chi connectivity index (χ2v) is 22.0. The van der Waals surface area contributed by atoms with E-state index in [9.17, 15) is 23.3 Å². The maximum absolute atomic E-state index is 14.3. The van der Waals surface area contributed by atoms with Crippen LogP contribution in [0.15, 0.2) is 95.7 Å². The van der Waals surface area contributed by atoms with Crippen LogP contribution in [0.1, 0.15) is 74.7 Å². The predicted molar refractivity (Wildman–Crippen MR) is 270 cm³/mol. The number of ether oxygens (including phenoxy) is 1. The summed E-state index contributed by atoms with van der Waals surface area (Å²) in [5, 5.41) is 21.8. The van der Waals surface area contributed by atoms with Gasteiger partial charge in [-0.3, -0.25) is 19.8 Å². The normalized spacial score (nSPS) is 19.1. The van der Waals surface area contributed by atoms with E-state index in [1.807, 2.05) is 36.4 Å². The fraction of sp³-hybridized carbons (Fsp3) is 0.431. The number of carbonyl (C=O) groups excluding carboxylic acids is 1. The molecule has 0 unspecified atom stereocenters. The minimum Gasteiger partial charge on any atom is -0.381 e. The molecule has 3 aliphatic heterocycles. The number of likely N-dealkylation sites (tertiary alicyclic amines) is 1. The van der Waals surface area contributed by atoms with Crippen molar-refractivity contribution in [1.29, 1.82) is 0 Å². The maximum Gasteiger partial charge on any atom is 0.293 e. The van der Waals surface area contributed by atoms with Gasteiger partial charge in [0.25, 0.3) is 21.6 Å². The Bertz CT molecular complexity index is 3020. The molecule has 3 N–H and O–H groups in total. The number of H-pyrrole nitrogens is 1. The molecular formula is C51H59ClN10O6S. The van der Waals surface area contributed by atoms with Gasteiger partial charge in [-0.25, -0.2) is 22.8 Å². The third kappa shape index (κ3) is 10.2. The Morgan fingerprint density at radius 2 is 1.72 bits per heavy atom. The largest absolute Gasteiger partial charge is 0.381 e. The number of benzene rings is 3. The first-order chi connectivity index (χ1) is 33.3. The molecule has 69 heavy (non-hydrogen) atoms. The average molecular weight is 976 g/mol. The van der Waals surface area contributed by atoms with Gasteiger partial charge in [0.05, 0.1) is 32.8 Å². The van der Waals surface area contributed by atoms with Crippen molar-refractivity contribution >= 4 is 72.2 Å². The molecule has 362 valence electrons. The third-order valence-electron chi connectivity index (χ3n) is 14.7. The number of nitro groups is 1. The molecule has 3 saturated heterocycles. The van der Waals surface area contributed by atoms with Crippen molar-refractivity contribution in [2.45, 2.75) is 69.7 Å². The lowest BCUT2D eigenvalue weighted by atomic mass is 9.72. The topological polar surface area (TPSA) is 184 Å². The van der Waals surface area contributed by atoms with E-state index >= 15 is 0 Å². The van der Waals surface area contributed by atoms with Crippen LogP contribution in [0.25, 0.3) is 33.3 Å². The lowest BCUT2D eigenvalue weighted by Gasteiger charge is -2.39. The highest BCUT2D eigenvalue weighted by molar-refractivity contribution is 7.90. The monoisotopic (exact) mass is 974 g/mol. The van der Waals surface area contributed by atoms with Crippen molar-refractivity contribution in [2.24, 2.45) is 11.3 Å². The van der Waals surface area contributed by atoms with E-state index in [-0.39, 0.29) is 22.4 Å². The first-order valence-corrected chi connectivity index (χ1v) is 25.9. The number of nitrogens with one attached hydrogen (secondary N) is 3. The van der Waals surface area contributed by atoms with E-state index in [4.69, 9.17) is 21.3 Å². The third-order valence-corrected chi connectivity index (χ3v) is 16.3. The fourth-order valence-corrected chi connectivity index (χ4v) is 11.8. The molecule has 18 heteroatoms. The summed E-state index contributed by atoms with van der Waals surface area (Å²) in [5.41, 5.74) is 7.36. The first-order valence-electron chi connectivity index (χ1n) is 24.1. The zero-order valence-corrected chi connectivity index (χ0v) is 40.7. The Morgan fingerprint density at radius 3 is 2.48 bits per heavy atom. The number of aromatic amines is 1. The number of fused-ring (bicyclic) bond motifs is 2. The van der Waals surface area contributed by atoms with Gasteiger partial charge in [0.1, 0.15) is 16.9 Å². The van der Waals surface area contributed by atoms with Crippen molar-refractivity contribution in [3.05, 3.63) is 117 Å². The minimum atomic E-state index is -4.58. The van der Waals surface area contributed by atoms with Crippen molar-refractivity contribution in [2.75, 3.05) is 75.8 Å². The Balaban J connectivity index is 0.868. The number of allylic oxidation sites excluding steroid dienone is 1. The summed E-state index contributed by atoms with van der Waals surface area (Å²) in [4.78, 5) is 40.8. The van der Waals surface area contributed by atoms with Crippen molar-refractivity contribution in [3.8, 4) is 5.69 Å². The number of carbonyl (C=O) groups is 1. The summed E-state index contributed by atoms with van der Waals surface area (Å²) in [5.74, 6) is -0.588. The summed E-state index contributed by atoms with van der Waals surface area (Å²) >= 11 is 6.27. The lowest BCUT2D eigenvalue weighted by Crippen LogP contribution is -2.47. The van der Waals surface area contributed by atoms with Crippen LogP contribution in [0.3, 0.4) is 0 Å². The molecule has 16 nitrogen and oxygen atoms in total. The Morgan fingerprint density at radius 1 is 0.957 bits per heavy atom. The van der Waals surface area contributed by atoms with Gasteiger partial charge in [0.2, 0.25) is 0 Å². The number of hydrogen-bond donors (Lipinski definition) is 3. The molecule has 10 rings (SSSR count). The van der Waals surface area contributed by atoms with Crippen LogP contribution in [0, 0.1) is 21.4 Å². The van der Waals surface area contributed by atoms with Gasteiger partial charge in [-0.2, -0.15) is 5.10 Å². The predicted octanol–water partition coefficient (Wildman–Crippen LogP) is 8.67. The molecule has 6 heterocycles. The van der Waals surface area contributed by atoms with Gasteiger partial charge in [-0.05, 0) is 135 Å². The molecule has 1 amide bonds. The molecule has 3 fully saturated rings. The molecule has 4 aliphatic rings. The number of amides is 1. The van der Waals surface area contributed by atoms with Crippen molar-refractivity contribution in [3.63, 3.8) is 0 Å². The fourth-order valence-electron chi connectivity index (χ4n) is 10.6. The number of anilines is 2. The van der Waals surface area contributed by atoms with Gasteiger partial charge in [-0.1, -0.05) is 43.2 Å². The highest BCUT2D eigenvalue weighted by Crippen LogP contribution is 2.43. The molecule has 6 aromatic rings. The molecule has 0 atom stereocenters. The smallest absolute Gasteiger partial charge is 0.293 e. The molecule has 0 radical (unpaired) electrons.